The molecule has 0 saturated carbocycles. The summed E-state index contributed by atoms with van der Waals surface area (Å²) in [6.45, 7) is 2.08. The highest BCUT2D eigenvalue weighted by Crippen LogP contribution is 2.11. The van der Waals surface area contributed by atoms with Crippen molar-refractivity contribution < 1.29 is 9.47 Å². The number of hydrogen-bond donors (Lipinski definition) is 0. The van der Waals surface area contributed by atoms with Crippen LogP contribution in [0.5, 0.6) is 11.5 Å². The van der Waals surface area contributed by atoms with Crippen LogP contribution in [0.3, 0.4) is 0 Å². The van der Waals surface area contributed by atoms with Gasteiger partial charge in [-0.15, -0.1) is 10.5 Å². The lowest BCUT2D eigenvalue weighted by atomic mass is 10.2. The SMILES string of the molecule is CCc1ccc(OC#N)cc1.N#COc1ccccc1. The van der Waals surface area contributed by atoms with Gasteiger partial charge in [-0.05, 0) is 36.2 Å². The van der Waals surface area contributed by atoms with Gasteiger partial charge in [-0.3, -0.25) is 0 Å². The Morgan fingerprint density at radius 3 is 1.75 bits per heavy atom. The Morgan fingerprint density at radius 1 is 0.800 bits per heavy atom. The van der Waals surface area contributed by atoms with Crippen molar-refractivity contribution in [2.45, 2.75) is 13.3 Å². The zero-order valence-electron chi connectivity index (χ0n) is 11.1. The van der Waals surface area contributed by atoms with Crippen LogP contribution >= 0.6 is 0 Å². The molecule has 0 aliphatic rings. The highest BCUT2D eigenvalue weighted by molar-refractivity contribution is 5.27. The van der Waals surface area contributed by atoms with Crippen LogP contribution < -0.4 is 9.47 Å². The minimum absolute atomic E-state index is 0.583. The van der Waals surface area contributed by atoms with Gasteiger partial charge in [0.05, 0.1) is 0 Å². The molecule has 20 heavy (non-hydrogen) atoms. The molecule has 4 nitrogen and oxygen atoms in total. The standard InChI is InChI=1S/C9H9NO.C7H5NO/c1-2-8-3-5-9(6-4-8)11-7-10;8-6-9-7-4-2-1-3-5-7/h3-6H,2H2,1H3;1-5H. The maximum atomic E-state index is 8.17. The van der Waals surface area contributed by atoms with Gasteiger partial charge >= 0.3 is 0 Å². The Balaban J connectivity index is 0.000000204. The van der Waals surface area contributed by atoms with Gasteiger partial charge in [0.2, 0.25) is 0 Å². The average molecular weight is 266 g/mol. The number of benzene rings is 2. The summed E-state index contributed by atoms with van der Waals surface area (Å²) in [4.78, 5) is 0. The number of aryl methyl sites for hydroxylation is 1. The molecule has 0 unspecified atom stereocenters. The van der Waals surface area contributed by atoms with E-state index in [-0.39, 0.29) is 0 Å². The van der Waals surface area contributed by atoms with E-state index in [2.05, 4.69) is 16.4 Å². The molecular formula is C16H14N2O2. The van der Waals surface area contributed by atoms with Crippen LogP contribution in [0.15, 0.2) is 54.6 Å². The second kappa shape index (κ2) is 9.02. The second-order valence-corrected chi connectivity index (χ2v) is 3.70. The molecule has 0 aliphatic carbocycles. The minimum Gasteiger partial charge on any atom is -0.388 e. The van der Waals surface area contributed by atoms with E-state index in [4.69, 9.17) is 10.5 Å². The lowest BCUT2D eigenvalue weighted by Gasteiger charge is -1.96. The van der Waals surface area contributed by atoms with E-state index in [9.17, 15) is 0 Å². The zero-order valence-corrected chi connectivity index (χ0v) is 11.1. The molecule has 100 valence electrons. The molecule has 2 aromatic carbocycles. The molecule has 0 amide bonds. The van der Waals surface area contributed by atoms with Crippen LogP contribution in [-0.4, -0.2) is 0 Å². The number of nitrogens with zero attached hydrogens (tertiary/aromatic N) is 2. The van der Waals surface area contributed by atoms with Crippen LogP contribution in [0.1, 0.15) is 12.5 Å². The summed E-state index contributed by atoms with van der Waals surface area (Å²) in [6.07, 6.45) is 4.21. The van der Waals surface area contributed by atoms with Crippen molar-refractivity contribution in [2.24, 2.45) is 0 Å². The Hall–Kier alpha value is -2.98. The Labute approximate surface area is 118 Å². The molecule has 0 atom stereocenters. The summed E-state index contributed by atoms with van der Waals surface area (Å²) in [5, 5.41) is 16.2. The smallest absolute Gasteiger partial charge is 0.292 e. The fourth-order valence-electron chi connectivity index (χ4n) is 1.39. The number of rotatable bonds is 3. The van der Waals surface area contributed by atoms with Crippen molar-refractivity contribution in [3.8, 4) is 24.0 Å². The van der Waals surface area contributed by atoms with E-state index in [1.807, 2.05) is 30.3 Å². The highest BCUT2D eigenvalue weighted by atomic mass is 16.5. The fourth-order valence-corrected chi connectivity index (χ4v) is 1.39. The minimum atomic E-state index is 0.583. The van der Waals surface area contributed by atoms with Gasteiger partial charge in [0.25, 0.3) is 12.5 Å². The predicted octanol–water partition coefficient (Wildman–Crippen LogP) is 3.66. The van der Waals surface area contributed by atoms with Crippen LogP contribution in [0.4, 0.5) is 0 Å². The lowest BCUT2D eigenvalue weighted by molar-refractivity contribution is 0.507. The summed E-state index contributed by atoms with van der Waals surface area (Å²) in [5.74, 6) is 1.18. The van der Waals surface area contributed by atoms with Gasteiger partial charge in [0.15, 0.2) is 0 Å². The number of hydrogen-bond acceptors (Lipinski definition) is 4. The monoisotopic (exact) mass is 266 g/mol. The van der Waals surface area contributed by atoms with Gasteiger partial charge in [-0.1, -0.05) is 37.3 Å². The lowest BCUT2D eigenvalue weighted by Crippen LogP contribution is -1.82. The maximum Gasteiger partial charge on any atom is 0.292 e. The first kappa shape index (κ1) is 15.1. The summed E-state index contributed by atoms with van der Waals surface area (Å²) >= 11 is 0. The van der Waals surface area contributed by atoms with E-state index in [1.165, 1.54) is 5.56 Å². The molecule has 0 fully saturated rings. The normalized spacial score (nSPS) is 8.35. The number of ether oxygens (including phenoxy) is 2. The van der Waals surface area contributed by atoms with Crippen molar-refractivity contribution in [1.29, 1.82) is 10.5 Å². The Morgan fingerprint density at radius 2 is 1.30 bits per heavy atom. The topological polar surface area (TPSA) is 66.0 Å². The first-order valence-electron chi connectivity index (χ1n) is 6.06. The van der Waals surface area contributed by atoms with Gasteiger partial charge in [-0.2, -0.15) is 0 Å². The van der Waals surface area contributed by atoms with Crippen molar-refractivity contribution in [3.05, 3.63) is 60.2 Å². The number of para-hydroxylation sites is 1. The first-order chi connectivity index (χ1) is 9.80. The third-order valence-electron chi connectivity index (χ3n) is 2.40. The van der Waals surface area contributed by atoms with E-state index in [1.54, 1.807) is 36.8 Å². The quantitative estimate of drug-likeness (QED) is 0.795. The molecule has 0 saturated heterocycles. The molecule has 0 heterocycles. The second-order valence-electron chi connectivity index (χ2n) is 3.70. The largest absolute Gasteiger partial charge is 0.388 e. The van der Waals surface area contributed by atoms with E-state index in [0.29, 0.717) is 11.5 Å². The van der Waals surface area contributed by atoms with Crippen LogP contribution in [0, 0.1) is 23.0 Å². The van der Waals surface area contributed by atoms with Crippen molar-refractivity contribution >= 4 is 0 Å². The molecule has 2 rings (SSSR count). The molecule has 0 aromatic heterocycles. The van der Waals surface area contributed by atoms with Gasteiger partial charge in [0, 0.05) is 0 Å². The third-order valence-corrected chi connectivity index (χ3v) is 2.40. The molecular weight excluding hydrogens is 252 g/mol. The van der Waals surface area contributed by atoms with Crippen LogP contribution in [0.2, 0.25) is 0 Å². The molecule has 0 bridgehead atoms. The van der Waals surface area contributed by atoms with Gasteiger partial charge in [0.1, 0.15) is 11.5 Å². The highest BCUT2D eigenvalue weighted by Gasteiger charge is 1.91. The van der Waals surface area contributed by atoms with Gasteiger partial charge in [-0.25, -0.2) is 0 Å². The van der Waals surface area contributed by atoms with Gasteiger partial charge < -0.3 is 9.47 Å². The van der Waals surface area contributed by atoms with E-state index < -0.39 is 0 Å². The fraction of sp³-hybridized carbons (Fsp3) is 0.125. The van der Waals surface area contributed by atoms with Crippen molar-refractivity contribution in [1.82, 2.24) is 0 Å². The summed E-state index contributed by atoms with van der Waals surface area (Å²) < 4.78 is 9.12. The molecule has 4 heteroatoms. The summed E-state index contributed by atoms with van der Waals surface area (Å²) in [6, 6.07) is 16.4. The molecule has 2 aromatic rings. The predicted molar refractivity (Wildman–Crippen MR) is 74.7 cm³/mol. The molecule has 0 N–H and O–H groups in total. The zero-order chi connectivity index (χ0) is 14.6. The Kier molecular flexibility index (Phi) is 6.80. The first-order valence-corrected chi connectivity index (χ1v) is 6.06. The molecule has 0 spiro atoms. The van der Waals surface area contributed by atoms with Crippen LogP contribution in [-0.2, 0) is 6.42 Å². The van der Waals surface area contributed by atoms with Crippen LogP contribution in [0.25, 0.3) is 0 Å². The number of nitriles is 2. The van der Waals surface area contributed by atoms with E-state index in [0.717, 1.165) is 6.42 Å². The molecule has 0 aliphatic heterocycles. The van der Waals surface area contributed by atoms with E-state index >= 15 is 0 Å². The molecule has 0 radical (unpaired) electrons. The summed E-state index contributed by atoms with van der Waals surface area (Å²) in [7, 11) is 0. The maximum absolute atomic E-state index is 8.17. The third kappa shape index (κ3) is 5.57. The summed E-state index contributed by atoms with van der Waals surface area (Å²) in [5.41, 5.74) is 1.25. The Bertz CT molecular complexity index is 581. The average Bonchev–Trinajstić information content (AvgIpc) is 2.50. The van der Waals surface area contributed by atoms with Crippen molar-refractivity contribution in [3.63, 3.8) is 0 Å². The van der Waals surface area contributed by atoms with Crippen molar-refractivity contribution in [2.75, 3.05) is 0 Å².